The van der Waals surface area contributed by atoms with E-state index in [9.17, 15) is 0 Å². The van der Waals surface area contributed by atoms with Crippen LogP contribution in [0.25, 0.3) is 0 Å². The minimum atomic E-state index is 0.245. The van der Waals surface area contributed by atoms with Crippen LogP contribution < -0.4 is 11.1 Å². The fourth-order valence-electron chi connectivity index (χ4n) is 1.60. The van der Waals surface area contributed by atoms with Crippen LogP contribution in [0.4, 0.5) is 11.4 Å². The number of nitrogens with one attached hydrogen (secondary N) is 1. The lowest BCUT2D eigenvalue weighted by Crippen LogP contribution is -2.17. The van der Waals surface area contributed by atoms with E-state index >= 15 is 0 Å². The summed E-state index contributed by atoms with van der Waals surface area (Å²) in [4.78, 5) is 0. The maximum absolute atomic E-state index is 8.74. The number of aliphatic hydroxyl groups is 1. The van der Waals surface area contributed by atoms with E-state index in [1.165, 1.54) is 0 Å². The number of aliphatic hydroxyl groups excluding tert-OH is 1. The van der Waals surface area contributed by atoms with Gasteiger partial charge in [-0.05, 0) is 38.3 Å². The van der Waals surface area contributed by atoms with Crippen molar-refractivity contribution in [2.45, 2.75) is 32.7 Å². The number of benzene rings is 1. The van der Waals surface area contributed by atoms with Crippen molar-refractivity contribution in [2.75, 3.05) is 17.7 Å². The van der Waals surface area contributed by atoms with Crippen LogP contribution >= 0.6 is 0 Å². The van der Waals surface area contributed by atoms with Gasteiger partial charge in [0.1, 0.15) is 0 Å². The highest BCUT2D eigenvalue weighted by Crippen LogP contribution is 2.23. The van der Waals surface area contributed by atoms with Crippen molar-refractivity contribution in [1.82, 2.24) is 0 Å². The van der Waals surface area contributed by atoms with Crippen LogP contribution in [0.5, 0.6) is 0 Å². The molecule has 0 fully saturated rings. The number of aryl methyl sites for hydroxylation is 1. The van der Waals surface area contributed by atoms with Gasteiger partial charge in [0, 0.05) is 12.6 Å². The Morgan fingerprint density at radius 1 is 1.47 bits per heavy atom. The van der Waals surface area contributed by atoms with E-state index in [0.717, 1.165) is 29.8 Å². The number of hydrogen-bond donors (Lipinski definition) is 3. The van der Waals surface area contributed by atoms with Crippen molar-refractivity contribution >= 4 is 11.4 Å². The Kier molecular flexibility index (Phi) is 4.43. The van der Waals surface area contributed by atoms with Gasteiger partial charge in [-0.15, -0.1) is 0 Å². The molecule has 0 heterocycles. The minimum Gasteiger partial charge on any atom is -0.397 e. The van der Waals surface area contributed by atoms with Gasteiger partial charge in [0.05, 0.1) is 11.4 Å². The third-order valence-electron chi connectivity index (χ3n) is 2.49. The van der Waals surface area contributed by atoms with E-state index in [4.69, 9.17) is 10.8 Å². The first-order valence-corrected chi connectivity index (χ1v) is 5.37. The maximum atomic E-state index is 8.74. The van der Waals surface area contributed by atoms with E-state index in [1.54, 1.807) is 0 Å². The molecule has 3 heteroatoms. The van der Waals surface area contributed by atoms with E-state index in [0.29, 0.717) is 6.04 Å². The van der Waals surface area contributed by atoms with Crippen molar-refractivity contribution in [3.63, 3.8) is 0 Å². The Bertz CT molecular complexity index is 292. The molecule has 1 aromatic rings. The summed E-state index contributed by atoms with van der Waals surface area (Å²) in [5.74, 6) is 0. The minimum absolute atomic E-state index is 0.245. The Morgan fingerprint density at radius 3 is 2.80 bits per heavy atom. The Morgan fingerprint density at radius 2 is 2.20 bits per heavy atom. The van der Waals surface area contributed by atoms with Crippen LogP contribution in [-0.4, -0.2) is 17.8 Å². The number of rotatable bonds is 5. The van der Waals surface area contributed by atoms with Crippen LogP contribution in [-0.2, 0) is 0 Å². The highest BCUT2D eigenvalue weighted by molar-refractivity contribution is 5.70. The predicted octanol–water partition coefficient (Wildman–Crippen LogP) is 2.15. The topological polar surface area (TPSA) is 58.3 Å². The normalized spacial score (nSPS) is 12.5. The standard InChI is InChI=1S/C12H20N2O/c1-9-5-3-7-11(13)12(9)14-10(2)6-4-8-15/h3,5,7,10,14-15H,4,6,8,13H2,1-2H3. The first-order valence-electron chi connectivity index (χ1n) is 5.37. The second-order valence-corrected chi connectivity index (χ2v) is 3.95. The third kappa shape index (κ3) is 3.44. The smallest absolute Gasteiger partial charge is 0.0605 e. The quantitative estimate of drug-likeness (QED) is 0.650. The average molecular weight is 208 g/mol. The zero-order valence-electron chi connectivity index (χ0n) is 9.46. The van der Waals surface area contributed by atoms with Gasteiger partial charge in [-0.3, -0.25) is 0 Å². The largest absolute Gasteiger partial charge is 0.397 e. The summed E-state index contributed by atoms with van der Waals surface area (Å²) < 4.78 is 0. The second-order valence-electron chi connectivity index (χ2n) is 3.95. The van der Waals surface area contributed by atoms with Crippen molar-refractivity contribution < 1.29 is 5.11 Å². The molecule has 1 rings (SSSR count). The lowest BCUT2D eigenvalue weighted by molar-refractivity contribution is 0.282. The summed E-state index contributed by atoms with van der Waals surface area (Å²) in [6.45, 7) is 4.38. The van der Waals surface area contributed by atoms with E-state index in [1.807, 2.05) is 25.1 Å². The lowest BCUT2D eigenvalue weighted by atomic mass is 10.1. The van der Waals surface area contributed by atoms with Crippen LogP contribution in [0.1, 0.15) is 25.3 Å². The van der Waals surface area contributed by atoms with Gasteiger partial charge in [-0.2, -0.15) is 0 Å². The summed E-state index contributed by atoms with van der Waals surface area (Å²) in [6, 6.07) is 6.22. The number of hydrogen-bond acceptors (Lipinski definition) is 3. The maximum Gasteiger partial charge on any atom is 0.0605 e. The molecule has 1 atom stereocenters. The summed E-state index contributed by atoms with van der Waals surface area (Å²) in [5.41, 5.74) is 8.84. The Labute approximate surface area is 91.3 Å². The SMILES string of the molecule is Cc1cccc(N)c1NC(C)CCCO. The van der Waals surface area contributed by atoms with Crippen molar-refractivity contribution in [1.29, 1.82) is 0 Å². The van der Waals surface area contributed by atoms with Gasteiger partial charge < -0.3 is 16.2 Å². The van der Waals surface area contributed by atoms with Crippen molar-refractivity contribution in [3.05, 3.63) is 23.8 Å². The van der Waals surface area contributed by atoms with Gasteiger partial charge in [-0.1, -0.05) is 12.1 Å². The van der Waals surface area contributed by atoms with Crippen LogP contribution in [0.15, 0.2) is 18.2 Å². The molecule has 0 bridgehead atoms. The van der Waals surface area contributed by atoms with Gasteiger partial charge in [-0.25, -0.2) is 0 Å². The van der Waals surface area contributed by atoms with Gasteiger partial charge >= 0.3 is 0 Å². The molecule has 84 valence electrons. The molecular weight excluding hydrogens is 188 g/mol. The highest BCUT2D eigenvalue weighted by atomic mass is 16.2. The van der Waals surface area contributed by atoms with Crippen LogP contribution in [0.2, 0.25) is 0 Å². The molecule has 0 aromatic heterocycles. The summed E-state index contributed by atoms with van der Waals surface area (Å²) in [5, 5.41) is 12.1. The number of nitrogen functional groups attached to an aromatic ring is 1. The zero-order chi connectivity index (χ0) is 11.3. The molecule has 0 spiro atoms. The Balaban J connectivity index is 2.63. The van der Waals surface area contributed by atoms with E-state index in [2.05, 4.69) is 12.2 Å². The average Bonchev–Trinajstić information content (AvgIpc) is 2.21. The van der Waals surface area contributed by atoms with Crippen molar-refractivity contribution in [2.24, 2.45) is 0 Å². The van der Waals surface area contributed by atoms with E-state index in [-0.39, 0.29) is 6.61 Å². The van der Waals surface area contributed by atoms with Crippen molar-refractivity contribution in [3.8, 4) is 0 Å². The van der Waals surface area contributed by atoms with Crippen LogP contribution in [0.3, 0.4) is 0 Å². The van der Waals surface area contributed by atoms with Gasteiger partial charge in [0.25, 0.3) is 0 Å². The van der Waals surface area contributed by atoms with Gasteiger partial charge in [0.15, 0.2) is 0 Å². The molecule has 0 aliphatic rings. The Hall–Kier alpha value is -1.22. The summed E-state index contributed by atoms with van der Waals surface area (Å²) in [6.07, 6.45) is 1.77. The molecule has 15 heavy (non-hydrogen) atoms. The lowest BCUT2D eigenvalue weighted by Gasteiger charge is -2.18. The molecule has 0 aliphatic carbocycles. The second kappa shape index (κ2) is 5.61. The molecule has 4 N–H and O–H groups in total. The molecule has 3 nitrogen and oxygen atoms in total. The van der Waals surface area contributed by atoms with E-state index < -0.39 is 0 Å². The molecule has 0 aliphatic heterocycles. The van der Waals surface area contributed by atoms with Crippen LogP contribution in [0, 0.1) is 6.92 Å². The highest BCUT2D eigenvalue weighted by Gasteiger charge is 2.06. The first kappa shape index (κ1) is 11.9. The molecule has 1 aromatic carbocycles. The van der Waals surface area contributed by atoms with Gasteiger partial charge in [0.2, 0.25) is 0 Å². The summed E-state index contributed by atoms with van der Waals surface area (Å²) in [7, 11) is 0. The molecule has 0 amide bonds. The fourth-order valence-corrected chi connectivity index (χ4v) is 1.60. The number of para-hydroxylation sites is 1. The molecular formula is C12H20N2O. The number of anilines is 2. The molecule has 1 unspecified atom stereocenters. The molecule has 0 radical (unpaired) electrons. The number of nitrogens with two attached hydrogens (primary N) is 1. The monoisotopic (exact) mass is 208 g/mol. The molecule has 0 saturated carbocycles. The predicted molar refractivity (Wildman–Crippen MR) is 65.0 cm³/mol. The zero-order valence-corrected chi connectivity index (χ0v) is 9.46. The fraction of sp³-hybridized carbons (Fsp3) is 0.500. The third-order valence-corrected chi connectivity index (χ3v) is 2.49. The summed E-state index contributed by atoms with van der Waals surface area (Å²) >= 11 is 0. The first-order chi connectivity index (χ1) is 7.15. The molecule has 0 saturated heterocycles.